The van der Waals surface area contributed by atoms with E-state index in [0.717, 1.165) is 46.1 Å². The first-order chi connectivity index (χ1) is 10.2. The quantitative estimate of drug-likeness (QED) is 0.596. The van der Waals surface area contributed by atoms with Crippen LogP contribution in [-0.2, 0) is 9.47 Å². The van der Waals surface area contributed by atoms with E-state index in [9.17, 15) is 0 Å². The number of hydrogen-bond acceptors (Lipinski definition) is 4. The van der Waals surface area contributed by atoms with Crippen molar-refractivity contribution in [3.8, 4) is 0 Å². The minimum atomic E-state index is 0.154. The summed E-state index contributed by atoms with van der Waals surface area (Å²) in [6.45, 7) is 12.3. The van der Waals surface area contributed by atoms with Crippen LogP contribution in [0.2, 0.25) is 0 Å². The Morgan fingerprint density at radius 2 is 1.67 bits per heavy atom. The zero-order valence-electron chi connectivity index (χ0n) is 14.4. The molecule has 2 unspecified atom stereocenters. The van der Waals surface area contributed by atoms with Crippen molar-refractivity contribution in [1.29, 1.82) is 0 Å². The third-order valence-corrected chi connectivity index (χ3v) is 5.07. The predicted octanol–water partition coefficient (Wildman–Crippen LogP) is 2.66. The van der Waals surface area contributed by atoms with Crippen LogP contribution in [0.3, 0.4) is 0 Å². The van der Waals surface area contributed by atoms with Gasteiger partial charge in [0.15, 0.2) is 0 Å². The van der Waals surface area contributed by atoms with Gasteiger partial charge in [-0.1, -0.05) is 26.2 Å². The third-order valence-electron chi connectivity index (χ3n) is 5.07. The lowest BCUT2D eigenvalue weighted by Crippen LogP contribution is -2.61. The van der Waals surface area contributed by atoms with E-state index in [1.165, 1.54) is 32.1 Å². The molecule has 1 fully saturated rings. The lowest BCUT2D eigenvalue weighted by molar-refractivity contribution is -0.0289. The van der Waals surface area contributed by atoms with E-state index in [1.807, 2.05) is 0 Å². The Hall–Kier alpha value is -0.160. The van der Waals surface area contributed by atoms with Crippen molar-refractivity contribution < 1.29 is 9.47 Å². The molecule has 0 radical (unpaired) electrons. The average molecular weight is 300 g/mol. The van der Waals surface area contributed by atoms with Crippen LogP contribution in [0.25, 0.3) is 0 Å². The summed E-state index contributed by atoms with van der Waals surface area (Å²) in [5, 5.41) is 0. The van der Waals surface area contributed by atoms with Gasteiger partial charge in [-0.05, 0) is 32.6 Å². The van der Waals surface area contributed by atoms with Gasteiger partial charge in [0.25, 0.3) is 0 Å². The summed E-state index contributed by atoms with van der Waals surface area (Å²) in [4.78, 5) is 2.58. The standard InChI is InChI=1S/C17H36N2O2/c1-4-16-9-7-8-10-17(16,15-18)19(11-13-20-5-2)12-14-21-6-3/h16H,4-15,18H2,1-3H3. The van der Waals surface area contributed by atoms with E-state index in [-0.39, 0.29) is 5.54 Å². The number of ether oxygens (including phenoxy) is 2. The van der Waals surface area contributed by atoms with Crippen LogP contribution in [0.15, 0.2) is 0 Å². The first-order valence-corrected chi connectivity index (χ1v) is 8.85. The third kappa shape index (κ3) is 5.20. The van der Waals surface area contributed by atoms with Crippen LogP contribution < -0.4 is 5.73 Å². The Balaban J connectivity index is 2.77. The molecule has 1 rings (SSSR count). The lowest BCUT2D eigenvalue weighted by Gasteiger charge is -2.51. The van der Waals surface area contributed by atoms with Crippen LogP contribution in [0, 0.1) is 5.92 Å². The molecule has 21 heavy (non-hydrogen) atoms. The topological polar surface area (TPSA) is 47.7 Å². The lowest BCUT2D eigenvalue weighted by atomic mass is 9.70. The van der Waals surface area contributed by atoms with Gasteiger partial charge in [-0.25, -0.2) is 0 Å². The van der Waals surface area contributed by atoms with E-state index >= 15 is 0 Å². The zero-order valence-corrected chi connectivity index (χ0v) is 14.4. The highest BCUT2D eigenvalue weighted by Gasteiger charge is 2.42. The Morgan fingerprint density at radius 3 is 2.14 bits per heavy atom. The molecule has 0 amide bonds. The summed E-state index contributed by atoms with van der Waals surface area (Å²) in [7, 11) is 0. The molecule has 126 valence electrons. The Bertz CT molecular complexity index is 253. The van der Waals surface area contributed by atoms with Crippen molar-refractivity contribution in [1.82, 2.24) is 4.90 Å². The fourth-order valence-electron chi connectivity index (χ4n) is 3.89. The molecule has 0 aromatic carbocycles. The Kier molecular flexibility index (Phi) is 9.49. The summed E-state index contributed by atoms with van der Waals surface area (Å²) < 4.78 is 11.2. The van der Waals surface area contributed by atoms with Crippen molar-refractivity contribution in [3.63, 3.8) is 0 Å². The molecular formula is C17H36N2O2. The first-order valence-electron chi connectivity index (χ1n) is 8.85. The van der Waals surface area contributed by atoms with Crippen molar-refractivity contribution in [2.24, 2.45) is 11.7 Å². The molecule has 1 saturated carbocycles. The van der Waals surface area contributed by atoms with Gasteiger partial charge in [0.2, 0.25) is 0 Å². The van der Waals surface area contributed by atoms with Crippen LogP contribution in [0.5, 0.6) is 0 Å². The van der Waals surface area contributed by atoms with Gasteiger partial charge in [-0.15, -0.1) is 0 Å². The second-order valence-corrected chi connectivity index (χ2v) is 6.04. The summed E-state index contributed by atoms with van der Waals surface area (Å²) in [5.74, 6) is 0.708. The van der Waals surface area contributed by atoms with Crippen molar-refractivity contribution >= 4 is 0 Å². The molecule has 0 bridgehead atoms. The molecule has 1 aliphatic rings. The van der Waals surface area contributed by atoms with Gasteiger partial charge < -0.3 is 15.2 Å². The normalized spacial score (nSPS) is 26.4. The molecule has 1 aliphatic carbocycles. The molecule has 0 aromatic rings. The van der Waals surface area contributed by atoms with Crippen LogP contribution in [0.1, 0.15) is 52.9 Å². The second kappa shape index (κ2) is 10.5. The van der Waals surface area contributed by atoms with Crippen LogP contribution in [0.4, 0.5) is 0 Å². The van der Waals surface area contributed by atoms with Gasteiger partial charge in [-0.2, -0.15) is 0 Å². The maximum absolute atomic E-state index is 6.29. The summed E-state index contributed by atoms with van der Waals surface area (Å²) in [5.41, 5.74) is 6.44. The van der Waals surface area contributed by atoms with E-state index in [4.69, 9.17) is 15.2 Å². The molecular weight excluding hydrogens is 264 g/mol. The molecule has 0 heterocycles. The number of nitrogens with two attached hydrogens (primary N) is 1. The van der Waals surface area contributed by atoms with Gasteiger partial charge in [0, 0.05) is 38.4 Å². The van der Waals surface area contributed by atoms with Crippen LogP contribution >= 0.6 is 0 Å². The van der Waals surface area contributed by atoms with Crippen LogP contribution in [-0.4, -0.2) is 56.5 Å². The SMILES string of the molecule is CCOCCN(CCOCC)C1(CN)CCCCC1CC. The fourth-order valence-corrected chi connectivity index (χ4v) is 3.89. The molecule has 2 atom stereocenters. The van der Waals surface area contributed by atoms with Crippen molar-refractivity contribution in [3.05, 3.63) is 0 Å². The van der Waals surface area contributed by atoms with Crippen molar-refractivity contribution in [2.45, 2.75) is 58.4 Å². The Morgan fingerprint density at radius 1 is 1.05 bits per heavy atom. The first kappa shape index (κ1) is 18.9. The summed E-state index contributed by atoms with van der Waals surface area (Å²) in [6.07, 6.45) is 6.41. The van der Waals surface area contributed by atoms with Gasteiger partial charge in [-0.3, -0.25) is 4.90 Å². The number of nitrogens with zero attached hydrogens (tertiary/aromatic N) is 1. The molecule has 4 nitrogen and oxygen atoms in total. The summed E-state index contributed by atoms with van der Waals surface area (Å²) >= 11 is 0. The highest BCUT2D eigenvalue weighted by atomic mass is 16.5. The van der Waals surface area contributed by atoms with Crippen molar-refractivity contribution in [2.75, 3.05) is 46.1 Å². The largest absolute Gasteiger partial charge is 0.380 e. The molecule has 0 spiro atoms. The highest BCUT2D eigenvalue weighted by molar-refractivity contribution is 4.99. The van der Waals surface area contributed by atoms with E-state index in [2.05, 4.69) is 25.7 Å². The predicted molar refractivity (Wildman–Crippen MR) is 88.6 cm³/mol. The molecule has 4 heteroatoms. The molecule has 0 aliphatic heterocycles. The van der Waals surface area contributed by atoms with E-state index in [0.29, 0.717) is 5.92 Å². The fraction of sp³-hybridized carbons (Fsp3) is 1.00. The van der Waals surface area contributed by atoms with E-state index in [1.54, 1.807) is 0 Å². The maximum Gasteiger partial charge on any atom is 0.0593 e. The maximum atomic E-state index is 6.29. The minimum Gasteiger partial charge on any atom is -0.380 e. The number of rotatable bonds is 11. The van der Waals surface area contributed by atoms with Gasteiger partial charge in [0.1, 0.15) is 0 Å². The second-order valence-electron chi connectivity index (χ2n) is 6.04. The minimum absolute atomic E-state index is 0.154. The monoisotopic (exact) mass is 300 g/mol. The van der Waals surface area contributed by atoms with Gasteiger partial charge >= 0.3 is 0 Å². The zero-order chi connectivity index (χ0) is 15.6. The Labute approximate surface area is 131 Å². The van der Waals surface area contributed by atoms with Gasteiger partial charge in [0.05, 0.1) is 13.2 Å². The summed E-state index contributed by atoms with van der Waals surface area (Å²) in [6, 6.07) is 0. The highest BCUT2D eigenvalue weighted by Crippen LogP contribution is 2.39. The smallest absolute Gasteiger partial charge is 0.0593 e. The molecule has 0 aromatic heterocycles. The molecule has 0 saturated heterocycles. The van der Waals surface area contributed by atoms with E-state index < -0.39 is 0 Å². The average Bonchev–Trinajstić information content (AvgIpc) is 2.53. The molecule has 2 N–H and O–H groups in total. The number of hydrogen-bond donors (Lipinski definition) is 1.